The molecule has 6 heteroatoms. The van der Waals surface area contributed by atoms with Crippen molar-refractivity contribution < 1.29 is 9.53 Å². The Morgan fingerprint density at radius 3 is 3.00 bits per heavy atom. The third-order valence-electron chi connectivity index (χ3n) is 3.76. The van der Waals surface area contributed by atoms with Crippen molar-refractivity contribution in [2.45, 2.75) is 38.3 Å². The molecule has 3 rings (SSSR count). The van der Waals surface area contributed by atoms with Crippen LogP contribution < -0.4 is 10.2 Å². The molecule has 2 aliphatic rings. The van der Waals surface area contributed by atoms with Crippen LogP contribution in [0.2, 0.25) is 0 Å². The van der Waals surface area contributed by atoms with Gasteiger partial charge in [-0.1, -0.05) is 0 Å². The lowest BCUT2D eigenvalue weighted by atomic mass is 10.2. The number of ether oxygens (including phenoxy) is 1. The van der Waals surface area contributed by atoms with Crippen LogP contribution in [0.4, 0.5) is 5.95 Å². The van der Waals surface area contributed by atoms with Crippen LogP contribution in [0.25, 0.3) is 0 Å². The Morgan fingerprint density at radius 1 is 1.40 bits per heavy atom. The molecule has 0 saturated carbocycles. The smallest absolute Gasteiger partial charge is 0.249 e. The molecule has 20 heavy (non-hydrogen) atoms. The Balaban J connectivity index is 1.56. The average Bonchev–Trinajstić information content (AvgIpc) is 3.17. The molecule has 1 aromatic heterocycles. The van der Waals surface area contributed by atoms with Crippen molar-refractivity contribution >= 4 is 11.9 Å². The van der Waals surface area contributed by atoms with Gasteiger partial charge in [-0.25, -0.2) is 9.97 Å². The molecule has 0 aliphatic carbocycles. The second-order valence-electron chi connectivity index (χ2n) is 5.26. The van der Waals surface area contributed by atoms with Crippen molar-refractivity contribution in [2.24, 2.45) is 0 Å². The summed E-state index contributed by atoms with van der Waals surface area (Å²) in [5.74, 6) is 0.732. The molecule has 1 aromatic rings. The zero-order valence-electron chi connectivity index (χ0n) is 11.5. The number of hydrogen-bond donors (Lipinski definition) is 1. The number of nitrogens with zero attached hydrogens (tertiary/aromatic N) is 3. The minimum Gasteiger partial charge on any atom is -0.368 e. The minimum absolute atomic E-state index is 0.0381. The van der Waals surface area contributed by atoms with E-state index in [0.29, 0.717) is 13.2 Å². The van der Waals surface area contributed by atoms with Crippen molar-refractivity contribution in [1.82, 2.24) is 15.3 Å². The highest BCUT2D eigenvalue weighted by Gasteiger charge is 2.23. The fourth-order valence-electron chi connectivity index (χ4n) is 2.63. The summed E-state index contributed by atoms with van der Waals surface area (Å²) >= 11 is 0. The Bertz CT molecular complexity index is 468. The van der Waals surface area contributed by atoms with Crippen molar-refractivity contribution in [3.63, 3.8) is 0 Å². The van der Waals surface area contributed by atoms with Gasteiger partial charge < -0.3 is 15.0 Å². The SMILES string of the molecule is O=C(NCc1ccnc(N2CCCC2)n1)C1CCCO1. The van der Waals surface area contributed by atoms with Crippen LogP contribution in [-0.4, -0.2) is 41.7 Å². The summed E-state index contributed by atoms with van der Waals surface area (Å²) < 4.78 is 5.36. The van der Waals surface area contributed by atoms with Gasteiger partial charge in [0.05, 0.1) is 12.2 Å². The maximum atomic E-state index is 11.9. The number of rotatable bonds is 4. The van der Waals surface area contributed by atoms with E-state index in [0.717, 1.165) is 37.6 Å². The fraction of sp³-hybridized carbons (Fsp3) is 0.643. The number of carbonyl (C=O) groups excluding carboxylic acids is 1. The normalized spacial score (nSPS) is 22.2. The Hall–Kier alpha value is -1.69. The van der Waals surface area contributed by atoms with Gasteiger partial charge in [-0.15, -0.1) is 0 Å². The maximum Gasteiger partial charge on any atom is 0.249 e. The molecule has 108 valence electrons. The van der Waals surface area contributed by atoms with Crippen molar-refractivity contribution in [1.29, 1.82) is 0 Å². The summed E-state index contributed by atoms with van der Waals surface area (Å²) in [6, 6.07) is 1.84. The van der Waals surface area contributed by atoms with Gasteiger partial charge in [0.1, 0.15) is 6.10 Å². The van der Waals surface area contributed by atoms with Gasteiger partial charge in [-0.05, 0) is 31.7 Å². The number of nitrogens with one attached hydrogen (secondary N) is 1. The molecule has 0 aromatic carbocycles. The molecule has 2 aliphatic heterocycles. The van der Waals surface area contributed by atoms with Crippen LogP contribution in [0, 0.1) is 0 Å². The van der Waals surface area contributed by atoms with E-state index in [-0.39, 0.29) is 12.0 Å². The average molecular weight is 276 g/mol. The topological polar surface area (TPSA) is 67.4 Å². The first-order valence-corrected chi connectivity index (χ1v) is 7.29. The number of hydrogen-bond acceptors (Lipinski definition) is 5. The number of amides is 1. The molecule has 1 unspecified atom stereocenters. The van der Waals surface area contributed by atoms with Gasteiger partial charge in [0.25, 0.3) is 0 Å². The van der Waals surface area contributed by atoms with E-state index in [1.807, 2.05) is 6.07 Å². The summed E-state index contributed by atoms with van der Waals surface area (Å²) in [6.45, 7) is 3.16. The standard InChI is InChI=1S/C14H20N4O2/c19-13(12-4-3-9-20-12)16-10-11-5-6-15-14(17-11)18-7-1-2-8-18/h5-6,12H,1-4,7-10H2,(H,16,19). The first-order chi connectivity index (χ1) is 9.83. The summed E-state index contributed by atoms with van der Waals surface area (Å²) in [5, 5.41) is 2.89. The van der Waals surface area contributed by atoms with Crippen LogP contribution in [0.1, 0.15) is 31.4 Å². The van der Waals surface area contributed by atoms with Crippen LogP contribution in [0.5, 0.6) is 0 Å². The highest BCUT2D eigenvalue weighted by atomic mass is 16.5. The van der Waals surface area contributed by atoms with Crippen LogP contribution >= 0.6 is 0 Å². The third kappa shape index (κ3) is 3.07. The molecule has 1 amide bonds. The van der Waals surface area contributed by atoms with Crippen molar-refractivity contribution in [2.75, 3.05) is 24.6 Å². The zero-order valence-corrected chi connectivity index (χ0v) is 11.5. The monoisotopic (exact) mass is 276 g/mol. The largest absolute Gasteiger partial charge is 0.368 e. The van der Waals surface area contributed by atoms with E-state index < -0.39 is 0 Å². The lowest BCUT2D eigenvalue weighted by Crippen LogP contribution is -2.34. The van der Waals surface area contributed by atoms with E-state index >= 15 is 0 Å². The van der Waals surface area contributed by atoms with E-state index in [1.54, 1.807) is 6.20 Å². The summed E-state index contributed by atoms with van der Waals surface area (Å²) in [5.41, 5.74) is 0.841. The van der Waals surface area contributed by atoms with Crippen molar-refractivity contribution in [3.05, 3.63) is 18.0 Å². The zero-order chi connectivity index (χ0) is 13.8. The molecule has 2 fully saturated rings. The van der Waals surface area contributed by atoms with E-state index in [1.165, 1.54) is 12.8 Å². The number of anilines is 1. The number of carbonyl (C=O) groups is 1. The predicted molar refractivity (Wildman–Crippen MR) is 74.3 cm³/mol. The molecule has 6 nitrogen and oxygen atoms in total. The van der Waals surface area contributed by atoms with E-state index in [9.17, 15) is 4.79 Å². The quantitative estimate of drug-likeness (QED) is 0.884. The highest BCUT2D eigenvalue weighted by Crippen LogP contribution is 2.15. The molecule has 2 saturated heterocycles. The lowest BCUT2D eigenvalue weighted by Gasteiger charge is -2.15. The fourth-order valence-corrected chi connectivity index (χ4v) is 2.63. The molecule has 3 heterocycles. The van der Waals surface area contributed by atoms with Crippen LogP contribution in [0.15, 0.2) is 12.3 Å². The first-order valence-electron chi connectivity index (χ1n) is 7.29. The first kappa shape index (κ1) is 13.3. The van der Waals surface area contributed by atoms with Gasteiger partial charge >= 0.3 is 0 Å². The van der Waals surface area contributed by atoms with Crippen LogP contribution in [-0.2, 0) is 16.1 Å². The van der Waals surface area contributed by atoms with Gasteiger partial charge in [-0.3, -0.25) is 4.79 Å². The Kier molecular flexibility index (Phi) is 4.11. The molecular weight excluding hydrogens is 256 g/mol. The second kappa shape index (κ2) is 6.17. The lowest BCUT2D eigenvalue weighted by molar-refractivity contribution is -0.130. The Labute approximate surface area is 118 Å². The van der Waals surface area contributed by atoms with Gasteiger partial charge in [0.15, 0.2) is 0 Å². The molecule has 0 spiro atoms. The molecular formula is C14H20N4O2. The van der Waals surface area contributed by atoms with Crippen LogP contribution in [0.3, 0.4) is 0 Å². The third-order valence-corrected chi connectivity index (χ3v) is 3.76. The number of aromatic nitrogens is 2. The predicted octanol–water partition coefficient (Wildman–Crippen LogP) is 0.872. The molecule has 1 N–H and O–H groups in total. The summed E-state index contributed by atoms with van der Waals surface area (Å²) in [6.07, 6.45) is 5.65. The highest BCUT2D eigenvalue weighted by molar-refractivity contribution is 5.80. The van der Waals surface area contributed by atoms with Gasteiger partial charge in [0.2, 0.25) is 11.9 Å². The summed E-state index contributed by atoms with van der Waals surface area (Å²) in [4.78, 5) is 22.9. The van der Waals surface area contributed by atoms with Crippen molar-refractivity contribution in [3.8, 4) is 0 Å². The molecule has 1 atom stereocenters. The van der Waals surface area contributed by atoms with E-state index in [2.05, 4.69) is 20.2 Å². The van der Waals surface area contributed by atoms with E-state index in [4.69, 9.17) is 4.74 Å². The van der Waals surface area contributed by atoms with Gasteiger partial charge in [-0.2, -0.15) is 0 Å². The molecule has 0 radical (unpaired) electrons. The second-order valence-corrected chi connectivity index (χ2v) is 5.26. The molecule has 0 bridgehead atoms. The minimum atomic E-state index is -0.283. The maximum absolute atomic E-state index is 11.9. The van der Waals surface area contributed by atoms with Gasteiger partial charge in [0, 0.05) is 25.9 Å². The summed E-state index contributed by atoms with van der Waals surface area (Å²) in [7, 11) is 0. The Morgan fingerprint density at radius 2 is 2.25 bits per heavy atom.